The molecule has 29 heavy (non-hydrogen) atoms. The predicted octanol–water partition coefficient (Wildman–Crippen LogP) is 1.46. The lowest BCUT2D eigenvalue weighted by Gasteiger charge is -2.33. The number of hydrogen-bond donors (Lipinski definition) is 1. The number of hydrogen-bond acceptors (Lipinski definition) is 7. The number of nitrogens with one attached hydrogen (secondary N) is 1. The number of benzene rings is 1. The van der Waals surface area contributed by atoms with Gasteiger partial charge < -0.3 is 10.2 Å². The standard InChI is InChI=1S/C20H32N6O2S/c1-4-29(27,28)26-14-12-25(13-15-26)16-19-22-18-9-6-5-8-17(18)20(23-19)21-10-7-11-24(2)3/h5-6,8-9H,4,7,10-16H2,1-3H3,(H,21,22,23). The van der Waals surface area contributed by atoms with Crippen LogP contribution in [-0.4, -0.2) is 91.6 Å². The summed E-state index contributed by atoms with van der Waals surface area (Å²) >= 11 is 0. The number of nitrogens with zero attached hydrogens (tertiary/aromatic N) is 5. The van der Waals surface area contributed by atoms with Gasteiger partial charge in [-0.1, -0.05) is 12.1 Å². The Labute approximate surface area is 174 Å². The first kappa shape index (κ1) is 21.9. The van der Waals surface area contributed by atoms with Gasteiger partial charge >= 0.3 is 0 Å². The molecule has 0 saturated carbocycles. The molecule has 1 saturated heterocycles. The molecular formula is C20H32N6O2S. The molecule has 0 aliphatic carbocycles. The molecule has 1 aromatic carbocycles. The van der Waals surface area contributed by atoms with Crippen molar-refractivity contribution in [3.05, 3.63) is 30.1 Å². The SMILES string of the molecule is CCS(=O)(=O)N1CCN(Cc2nc(NCCCN(C)C)c3ccccc3n2)CC1. The summed E-state index contributed by atoms with van der Waals surface area (Å²) in [7, 11) is 1.04. The minimum atomic E-state index is -3.11. The molecule has 0 amide bonds. The van der Waals surface area contributed by atoms with E-state index in [4.69, 9.17) is 9.97 Å². The van der Waals surface area contributed by atoms with Gasteiger partial charge in [-0.05, 0) is 46.1 Å². The van der Waals surface area contributed by atoms with Crippen LogP contribution in [0.15, 0.2) is 24.3 Å². The molecule has 160 valence electrons. The lowest BCUT2D eigenvalue weighted by molar-refractivity contribution is 0.178. The molecule has 1 aliphatic rings. The monoisotopic (exact) mass is 420 g/mol. The minimum Gasteiger partial charge on any atom is -0.369 e. The number of anilines is 1. The Hall–Kier alpha value is -1.81. The second-order valence-corrected chi connectivity index (χ2v) is 9.92. The van der Waals surface area contributed by atoms with Crippen LogP contribution in [-0.2, 0) is 16.6 Å². The third kappa shape index (κ3) is 5.85. The second-order valence-electron chi connectivity index (χ2n) is 7.66. The van der Waals surface area contributed by atoms with E-state index in [9.17, 15) is 8.42 Å². The van der Waals surface area contributed by atoms with Crippen LogP contribution < -0.4 is 5.32 Å². The molecule has 1 fully saturated rings. The molecule has 0 bridgehead atoms. The zero-order chi connectivity index (χ0) is 20.9. The van der Waals surface area contributed by atoms with Gasteiger partial charge in [0.05, 0.1) is 17.8 Å². The smallest absolute Gasteiger partial charge is 0.213 e. The van der Waals surface area contributed by atoms with E-state index in [0.717, 1.165) is 42.1 Å². The normalized spacial score (nSPS) is 16.6. The Morgan fingerprint density at radius 1 is 1.10 bits per heavy atom. The van der Waals surface area contributed by atoms with Gasteiger partial charge in [-0.3, -0.25) is 4.90 Å². The van der Waals surface area contributed by atoms with Crippen LogP contribution in [0.1, 0.15) is 19.2 Å². The first-order valence-electron chi connectivity index (χ1n) is 10.2. The van der Waals surface area contributed by atoms with E-state index in [1.807, 2.05) is 24.3 Å². The van der Waals surface area contributed by atoms with Crippen molar-refractivity contribution in [2.24, 2.45) is 0 Å². The van der Waals surface area contributed by atoms with Gasteiger partial charge in [-0.2, -0.15) is 4.31 Å². The van der Waals surface area contributed by atoms with Gasteiger partial charge in [-0.15, -0.1) is 0 Å². The molecular weight excluding hydrogens is 388 g/mol. The number of piperazine rings is 1. The number of rotatable bonds is 9. The summed E-state index contributed by atoms with van der Waals surface area (Å²) in [4.78, 5) is 13.9. The van der Waals surface area contributed by atoms with Crippen LogP contribution in [0.5, 0.6) is 0 Å². The summed E-state index contributed by atoms with van der Waals surface area (Å²) in [6, 6.07) is 8.05. The van der Waals surface area contributed by atoms with Crippen LogP contribution >= 0.6 is 0 Å². The first-order valence-corrected chi connectivity index (χ1v) is 11.8. The fraction of sp³-hybridized carbons (Fsp3) is 0.600. The van der Waals surface area contributed by atoms with Crippen LogP contribution in [0, 0.1) is 0 Å². The molecule has 2 heterocycles. The molecule has 1 aliphatic heterocycles. The van der Waals surface area contributed by atoms with E-state index in [1.54, 1.807) is 11.2 Å². The highest BCUT2D eigenvalue weighted by Crippen LogP contribution is 2.21. The molecule has 2 aromatic rings. The van der Waals surface area contributed by atoms with Crippen molar-refractivity contribution in [2.45, 2.75) is 19.9 Å². The van der Waals surface area contributed by atoms with Crippen LogP contribution in [0.3, 0.4) is 0 Å². The number of para-hydroxylation sites is 1. The Bertz CT molecular complexity index is 910. The first-order chi connectivity index (χ1) is 13.9. The molecule has 8 nitrogen and oxygen atoms in total. The molecule has 0 spiro atoms. The Balaban J connectivity index is 1.68. The van der Waals surface area contributed by atoms with Gasteiger partial charge in [0.1, 0.15) is 11.6 Å². The maximum atomic E-state index is 12.0. The van der Waals surface area contributed by atoms with E-state index in [1.165, 1.54) is 0 Å². The van der Waals surface area contributed by atoms with Crippen molar-refractivity contribution in [3.63, 3.8) is 0 Å². The van der Waals surface area contributed by atoms with Crippen LogP contribution in [0.25, 0.3) is 10.9 Å². The molecule has 0 atom stereocenters. The Kier molecular flexibility index (Phi) is 7.39. The highest BCUT2D eigenvalue weighted by Gasteiger charge is 2.25. The summed E-state index contributed by atoms with van der Waals surface area (Å²) in [5, 5.41) is 4.50. The fourth-order valence-corrected chi connectivity index (χ4v) is 4.57. The number of sulfonamides is 1. The molecule has 1 N–H and O–H groups in total. The highest BCUT2D eigenvalue weighted by atomic mass is 32.2. The third-order valence-electron chi connectivity index (χ3n) is 5.18. The zero-order valence-electron chi connectivity index (χ0n) is 17.6. The van der Waals surface area contributed by atoms with Gasteiger partial charge in [0, 0.05) is 38.1 Å². The van der Waals surface area contributed by atoms with Gasteiger partial charge in [0.15, 0.2) is 0 Å². The summed E-state index contributed by atoms with van der Waals surface area (Å²) in [5.41, 5.74) is 0.930. The van der Waals surface area contributed by atoms with Gasteiger partial charge in [0.2, 0.25) is 10.0 Å². The van der Waals surface area contributed by atoms with E-state index >= 15 is 0 Å². The topological polar surface area (TPSA) is 81.7 Å². The Morgan fingerprint density at radius 3 is 2.52 bits per heavy atom. The van der Waals surface area contributed by atoms with E-state index in [-0.39, 0.29) is 5.75 Å². The lowest BCUT2D eigenvalue weighted by Crippen LogP contribution is -2.48. The fourth-order valence-electron chi connectivity index (χ4n) is 3.48. The minimum absolute atomic E-state index is 0.156. The molecule has 1 aromatic heterocycles. The summed E-state index contributed by atoms with van der Waals surface area (Å²) in [6.45, 7) is 6.63. The van der Waals surface area contributed by atoms with Crippen molar-refractivity contribution in [2.75, 3.05) is 64.4 Å². The van der Waals surface area contributed by atoms with Crippen LogP contribution in [0.2, 0.25) is 0 Å². The van der Waals surface area contributed by atoms with E-state index in [2.05, 4.69) is 29.2 Å². The van der Waals surface area contributed by atoms with E-state index < -0.39 is 10.0 Å². The summed E-state index contributed by atoms with van der Waals surface area (Å²) < 4.78 is 25.7. The summed E-state index contributed by atoms with van der Waals surface area (Å²) in [5.74, 6) is 1.80. The molecule has 9 heteroatoms. The highest BCUT2D eigenvalue weighted by molar-refractivity contribution is 7.89. The average Bonchev–Trinajstić information content (AvgIpc) is 2.71. The van der Waals surface area contributed by atoms with Crippen molar-refractivity contribution in [3.8, 4) is 0 Å². The second kappa shape index (κ2) is 9.80. The van der Waals surface area contributed by atoms with Gasteiger partial charge in [-0.25, -0.2) is 18.4 Å². The van der Waals surface area contributed by atoms with Crippen molar-refractivity contribution in [1.29, 1.82) is 0 Å². The lowest BCUT2D eigenvalue weighted by atomic mass is 10.2. The van der Waals surface area contributed by atoms with Crippen molar-refractivity contribution in [1.82, 2.24) is 24.1 Å². The maximum absolute atomic E-state index is 12.0. The average molecular weight is 421 g/mol. The van der Waals surface area contributed by atoms with Gasteiger partial charge in [0.25, 0.3) is 0 Å². The third-order valence-corrected chi connectivity index (χ3v) is 7.06. The molecule has 3 rings (SSSR count). The number of aromatic nitrogens is 2. The summed E-state index contributed by atoms with van der Waals surface area (Å²) in [6.07, 6.45) is 1.04. The van der Waals surface area contributed by atoms with Crippen molar-refractivity contribution >= 4 is 26.7 Å². The zero-order valence-corrected chi connectivity index (χ0v) is 18.5. The quantitative estimate of drug-likeness (QED) is 0.615. The molecule has 0 unspecified atom stereocenters. The van der Waals surface area contributed by atoms with E-state index in [0.29, 0.717) is 32.7 Å². The maximum Gasteiger partial charge on any atom is 0.213 e. The predicted molar refractivity (Wildman–Crippen MR) is 118 cm³/mol. The Morgan fingerprint density at radius 2 is 1.83 bits per heavy atom. The van der Waals surface area contributed by atoms with Crippen LogP contribution in [0.4, 0.5) is 5.82 Å². The largest absolute Gasteiger partial charge is 0.369 e. The number of fused-ring (bicyclic) bond motifs is 1. The molecule has 0 radical (unpaired) electrons. The van der Waals surface area contributed by atoms with Crippen molar-refractivity contribution < 1.29 is 8.42 Å².